The minimum absolute atomic E-state index is 0. The third-order valence-electron chi connectivity index (χ3n) is 4.87. The van der Waals surface area contributed by atoms with Gasteiger partial charge in [-0.25, -0.2) is 0 Å². The number of halogens is 1. The molecule has 2 atom stereocenters. The number of nitrogens with zero attached hydrogens (tertiary/aromatic N) is 1. The van der Waals surface area contributed by atoms with Crippen LogP contribution in [-0.4, -0.2) is 44.3 Å². The van der Waals surface area contributed by atoms with Gasteiger partial charge in [0.05, 0.1) is 6.61 Å². The summed E-state index contributed by atoms with van der Waals surface area (Å²) in [6.07, 6.45) is 3.67. The Kier molecular flexibility index (Phi) is 7.16. The molecule has 0 aliphatic carbocycles. The van der Waals surface area contributed by atoms with Crippen LogP contribution in [0.15, 0.2) is 24.3 Å². The van der Waals surface area contributed by atoms with Crippen molar-refractivity contribution in [2.45, 2.75) is 32.2 Å². The lowest BCUT2D eigenvalue weighted by atomic mass is 9.97. The van der Waals surface area contributed by atoms with E-state index in [0.717, 1.165) is 39.3 Å². The summed E-state index contributed by atoms with van der Waals surface area (Å²) in [5.74, 6) is 0.717. The van der Waals surface area contributed by atoms with Gasteiger partial charge in [0.2, 0.25) is 0 Å². The number of nitrogens with one attached hydrogen (secondary N) is 1. The molecule has 1 N–H and O–H groups in total. The second-order valence-electron chi connectivity index (χ2n) is 6.39. The SMILES string of the molecule is CCc1ccc(C2CNCCN2CC2CCCOC2)cc1.Cl. The Balaban J connectivity index is 0.00000176. The molecule has 0 bridgehead atoms. The molecule has 0 spiro atoms. The third kappa shape index (κ3) is 4.45. The van der Waals surface area contributed by atoms with Crippen molar-refractivity contribution >= 4 is 12.4 Å². The number of rotatable bonds is 4. The van der Waals surface area contributed by atoms with Crippen LogP contribution in [0.1, 0.15) is 36.9 Å². The van der Waals surface area contributed by atoms with Crippen molar-refractivity contribution in [2.75, 3.05) is 39.4 Å². The van der Waals surface area contributed by atoms with Gasteiger partial charge >= 0.3 is 0 Å². The van der Waals surface area contributed by atoms with Crippen LogP contribution in [0.3, 0.4) is 0 Å². The molecule has 22 heavy (non-hydrogen) atoms. The average Bonchev–Trinajstić information content (AvgIpc) is 2.56. The second-order valence-corrected chi connectivity index (χ2v) is 6.39. The first-order chi connectivity index (χ1) is 10.4. The molecular weight excluding hydrogens is 296 g/mol. The molecule has 4 heteroatoms. The first-order valence-electron chi connectivity index (χ1n) is 8.48. The summed E-state index contributed by atoms with van der Waals surface area (Å²) >= 11 is 0. The molecule has 1 aromatic carbocycles. The van der Waals surface area contributed by atoms with E-state index >= 15 is 0 Å². The summed E-state index contributed by atoms with van der Waals surface area (Å²) in [6.45, 7) is 8.63. The maximum absolute atomic E-state index is 5.65. The van der Waals surface area contributed by atoms with Gasteiger partial charge in [0.1, 0.15) is 0 Å². The largest absolute Gasteiger partial charge is 0.381 e. The Hall–Kier alpha value is -0.610. The Morgan fingerprint density at radius 3 is 2.77 bits per heavy atom. The number of aryl methyl sites for hydroxylation is 1. The fraction of sp³-hybridized carbons (Fsp3) is 0.667. The van der Waals surface area contributed by atoms with E-state index < -0.39 is 0 Å². The van der Waals surface area contributed by atoms with Gasteiger partial charge < -0.3 is 10.1 Å². The molecule has 0 radical (unpaired) electrons. The Bertz CT molecular complexity index is 431. The van der Waals surface area contributed by atoms with Gasteiger partial charge in [-0.1, -0.05) is 31.2 Å². The zero-order valence-electron chi connectivity index (χ0n) is 13.6. The van der Waals surface area contributed by atoms with Crippen LogP contribution in [-0.2, 0) is 11.2 Å². The maximum Gasteiger partial charge on any atom is 0.0506 e. The number of benzene rings is 1. The summed E-state index contributed by atoms with van der Waals surface area (Å²) < 4.78 is 5.65. The zero-order chi connectivity index (χ0) is 14.5. The van der Waals surface area contributed by atoms with E-state index in [1.807, 2.05) is 0 Å². The Morgan fingerprint density at radius 2 is 2.09 bits per heavy atom. The lowest BCUT2D eigenvalue weighted by Gasteiger charge is -2.39. The molecule has 0 saturated carbocycles. The van der Waals surface area contributed by atoms with E-state index in [0.29, 0.717) is 12.0 Å². The molecule has 124 valence electrons. The van der Waals surface area contributed by atoms with Gasteiger partial charge in [0.25, 0.3) is 0 Å². The highest BCUT2D eigenvalue weighted by Gasteiger charge is 2.26. The van der Waals surface area contributed by atoms with E-state index in [-0.39, 0.29) is 12.4 Å². The lowest BCUT2D eigenvalue weighted by molar-refractivity contribution is 0.0265. The van der Waals surface area contributed by atoms with Crippen molar-refractivity contribution in [3.8, 4) is 0 Å². The average molecular weight is 325 g/mol. The van der Waals surface area contributed by atoms with Gasteiger partial charge in [0.15, 0.2) is 0 Å². The van der Waals surface area contributed by atoms with E-state index in [1.165, 1.54) is 30.5 Å². The van der Waals surface area contributed by atoms with Crippen LogP contribution in [0.2, 0.25) is 0 Å². The smallest absolute Gasteiger partial charge is 0.0506 e. The summed E-state index contributed by atoms with van der Waals surface area (Å²) in [4.78, 5) is 2.66. The minimum Gasteiger partial charge on any atom is -0.381 e. The van der Waals surface area contributed by atoms with Crippen LogP contribution < -0.4 is 5.32 Å². The number of hydrogen-bond donors (Lipinski definition) is 1. The number of hydrogen-bond acceptors (Lipinski definition) is 3. The molecule has 3 nitrogen and oxygen atoms in total. The van der Waals surface area contributed by atoms with Crippen LogP contribution in [0.25, 0.3) is 0 Å². The molecule has 2 aliphatic rings. The zero-order valence-corrected chi connectivity index (χ0v) is 14.4. The molecule has 2 heterocycles. The second kappa shape index (κ2) is 8.88. The van der Waals surface area contributed by atoms with E-state index in [1.54, 1.807) is 0 Å². The highest BCUT2D eigenvalue weighted by Crippen LogP contribution is 2.25. The van der Waals surface area contributed by atoms with Crippen molar-refractivity contribution < 1.29 is 4.74 Å². The monoisotopic (exact) mass is 324 g/mol. The molecule has 2 unspecified atom stereocenters. The van der Waals surface area contributed by atoms with Crippen molar-refractivity contribution in [3.63, 3.8) is 0 Å². The highest BCUT2D eigenvalue weighted by atomic mass is 35.5. The van der Waals surface area contributed by atoms with Crippen molar-refractivity contribution in [1.82, 2.24) is 10.2 Å². The third-order valence-corrected chi connectivity index (χ3v) is 4.87. The van der Waals surface area contributed by atoms with Crippen LogP contribution >= 0.6 is 12.4 Å². The minimum atomic E-state index is 0. The van der Waals surface area contributed by atoms with Crippen molar-refractivity contribution in [2.24, 2.45) is 5.92 Å². The molecule has 3 rings (SSSR count). The van der Waals surface area contributed by atoms with Gasteiger partial charge in [-0.2, -0.15) is 0 Å². The maximum atomic E-state index is 5.65. The number of piperazine rings is 1. The van der Waals surface area contributed by atoms with Crippen LogP contribution in [0.5, 0.6) is 0 Å². The van der Waals surface area contributed by atoms with E-state index in [9.17, 15) is 0 Å². The molecule has 0 aromatic heterocycles. The number of ether oxygens (including phenoxy) is 1. The topological polar surface area (TPSA) is 24.5 Å². The van der Waals surface area contributed by atoms with Crippen molar-refractivity contribution in [1.29, 1.82) is 0 Å². The normalized spacial score (nSPS) is 26.4. The molecular formula is C18H29ClN2O. The lowest BCUT2D eigenvalue weighted by Crippen LogP contribution is -2.48. The fourth-order valence-electron chi connectivity index (χ4n) is 3.55. The van der Waals surface area contributed by atoms with Gasteiger partial charge in [-0.3, -0.25) is 4.90 Å². The van der Waals surface area contributed by atoms with Crippen molar-refractivity contribution in [3.05, 3.63) is 35.4 Å². The van der Waals surface area contributed by atoms with Gasteiger partial charge in [0, 0.05) is 38.8 Å². The summed E-state index contributed by atoms with van der Waals surface area (Å²) in [7, 11) is 0. The molecule has 2 saturated heterocycles. The fourth-order valence-corrected chi connectivity index (χ4v) is 3.55. The van der Waals surface area contributed by atoms with Gasteiger partial charge in [-0.15, -0.1) is 12.4 Å². The van der Waals surface area contributed by atoms with Crippen LogP contribution in [0, 0.1) is 5.92 Å². The Labute approximate surface area is 140 Å². The predicted molar refractivity (Wildman–Crippen MR) is 93.8 cm³/mol. The molecule has 1 aromatic rings. The molecule has 2 aliphatic heterocycles. The predicted octanol–water partition coefficient (Wildman–Crippen LogP) is 3.04. The summed E-state index contributed by atoms with van der Waals surface area (Å²) in [5.41, 5.74) is 2.88. The van der Waals surface area contributed by atoms with Gasteiger partial charge in [-0.05, 0) is 36.3 Å². The highest BCUT2D eigenvalue weighted by molar-refractivity contribution is 5.85. The standard InChI is InChI=1S/C18H28N2O.ClH/c1-2-15-5-7-17(8-6-15)18-12-19-9-10-20(18)13-16-4-3-11-21-14-16;/h5-8,16,18-19H,2-4,9-14H2,1H3;1H. The Morgan fingerprint density at radius 1 is 1.27 bits per heavy atom. The summed E-state index contributed by atoms with van der Waals surface area (Å²) in [6, 6.07) is 9.73. The van der Waals surface area contributed by atoms with E-state index in [2.05, 4.69) is 41.4 Å². The first kappa shape index (κ1) is 17.7. The van der Waals surface area contributed by atoms with Crippen LogP contribution in [0.4, 0.5) is 0 Å². The molecule has 2 fully saturated rings. The quantitative estimate of drug-likeness (QED) is 0.921. The summed E-state index contributed by atoms with van der Waals surface area (Å²) in [5, 5.41) is 3.56. The first-order valence-corrected chi connectivity index (χ1v) is 8.48. The van der Waals surface area contributed by atoms with E-state index in [4.69, 9.17) is 4.74 Å². The molecule has 0 amide bonds.